The van der Waals surface area contributed by atoms with Gasteiger partial charge in [-0.15, -0.1) is 0 Å². The zero-order chi connectivity index (χ0) is 10.7. The van der Waals surface area contributed by atoms with Crippen LogP contribution in [0, 0.1) is 0 Å². The molecule has 1 aliphatic carbocycles. The van der Waals surface area contributed by atoms with E-state index in [1.54, 1.807) is 6.07 Å². The highest BCUT2D eigenvalue weighted by Gasteiger charge is 2.18. The predicted octanol–water partition coefficient (Wildman–Crippen LogP) is 3.86. The van der Waals surface area contributed by atoms with Gasteiger partial charge in [-0.1, -0.05) is 12.5 Å². The molecule has 2 rings (SSSR count). The molecule has 0 bridgehead atoms. The van der Waals surface area contributed by atoms with Crippen molar-refractivity contribution in [1.82, 2.24) is 0 Å². The van der Waals surface area contributed by atoms with E-state index in [9.17, 15) is 5.11 Å². The maximum Gasteiger partial charge on any atom is 0.199 e. The minimum absolute atomic E-state index is 0.299. The summed E-state index contributed by atoms with van der Waals surface area (Å²) in [5.74, 6) is 0. The number of rotatable bonds is 2. The topological polar surface area (TPSA) is 33.4 Å². The Bertz CT molecular complexity index is 354. The second-order valence-corrected chi connectivity index (χ2v) is 4.27. The number of furan rings is 1. The van der Waals surface area contributed by atoms with Crippen molar-refractivity contribution in [2.75, 3.05) is 0 Å². The summed E-state index contributed by atoms with van der Waals surface area (Å²) in [6.45, 7) is 0. The zero-order valence-electron chi connectivity index (χ0n) is 8.58. The van der Waals surface area contributed by atoms with Crippen LogP contribution in [0.2, 0.25) is 5.22 Å². The van der Waals surface area contributed by atoms with Crippen molar-refractivity contribution in [3.63, 3.8) is 0 Å². The van der Waals surface area contributed by atoms with E-state index in [2.05, 4.69) is 6.08 Å². The highest BCUT2D eigenvalue weighted by atomic mass is 35.5. The fourth-order valence-corrected chi connectivity index (χ4v) is 2.20. The van der Waals surface area contributed by atoms with Crippen LogP contribution in [-0.4, -0.2) is 5.11 Å². The zero-order valence-corrected chi connectivity index (χ0v) is 9.33. The Kier molecular flexibility index (Phi) is 3.49. The molecule has 82 valence electrons. The van der Waals surface area contributed by atoms with Crippen LogP contribution < -0.4 is 0 Å². The van der Waals surface area contributed by atoms with Crippen LogP contribution in [0.5, 0.6) is 0 Å². The molecule has 2 nitrogen and oxygen atoms in total. The lowest BCUT2D eigenvalue weighted by Gasteiger charge is -2.12. The predicted molar refractivity (Wildman–Crippen MR) is 59.8 cm³/mol. The van der Waals surface area contributed by atoms with Gasteiger partial charge in [0.25, 0.3) is 0 Å². The number of halogens is 1. The van der Waals surface area contributed by atoms with Crippen molar-refractivity contribution >= 4 is 11.6 Å². The van der Waals surface area contributed by atoms with Gasteiger partial charge in [-0.25, -0.2) is 0 Å². The van der Waals surface area contributed by atoms with Gasteiger partial charge in [0.15, 0.2) is 5.22 Å². The third-order valence-corrected chi connectivity index (χ3v) is 3.18. The molecule has 1 atom stereocenters. The first kappa shape index (κ1) is 10.8. The van der Waals surface area contributed by atoms with Crippen molar-refractivity contribution in [2.45, 2.75) is 38.2 Å². The van der Waals surface area contributed by atoms with E-state index in [0.717, 1.165) is 24.8 Å². The monoisotopic (exact) mass is 226 g/mol. The lowest BCUT2D eigenvalue weighted by atomic mass is 10.00. The standard InChI is InChI=1S/C12H15ClO2/c13-12-10(7-8-15-12)11(14)9-5-3-1-2-4-6-9/h5,7-8,11,14H,1-4,6H2. The minimum atomic E-state index is -0.589. The molecule has 1 aliphatic rings. The Balaban J connectivity index is 2.16. The summed E-state index contributed by atoms with van der Waals surface area (Å²) < 4.78 is 4.99. The molecular weight excluding hydrogens is 212 g/mol. The molecule has 0 aromatic carbocycles. The van der Waals surface area contributed by atoms with Crippen LogP contribution in [0.1, 0.15) is 43.8 Å². The van der Waals surface area contributed by atoms with E-state index in [1.165, 1.54) is 19.1 Å². The number of hydrogen-bond donors (Lipinski definition) is 1. The maximum absolute atomic E-state index is 10.1. The molecule has 0 radical (unpaired) electrons. The van der Waals surface area contributed by atoms with Gasteiger partial charge in [0, 0.05) is 5.56 Å². The van der Waals surface area contributed by atoms with E-state index < -0.39 is 6.10 Å². The van der Waals surface area contributed by atoms with E-state index in [-0.39, 0.29) is 0 Å². The highest BCUT2D eigenvalue weighted by molar-refractivity contribution is 6.29. The number of allylic oxidation sites excluding steroid dienone is 1. The molecule has 0 fully saturated rings. The molecule has 3 heteroatoms. The van der Waals surface area contributed by atoms with Gasteiger partial charge in [-0.05, 0) is 48.9 Å². The molecule has 0 saturated heterocycles. The first-order valence-corrected chi connectivity index (χ1v) is 5.76. The van der Waals surface area contributed by atoms with Gasteiger partial charge in [0.2, 0.25) is 0 Å². The quantitative estimate of drug-likeness (QED) is 0.777. The molecule has 1 aromatic rings. The molecule has 0 spiro atoms. The normalized spacial score (nSPS) is 19.5. The van der Waals surface area contributed by atoms with E-state index in [1.807, 2.05) is 0 Å². The second kappa shape index (κ2) is 4.86. The van der Waals surface area contributed by atoms with Crippen LogP contribution >= 0.6 is 11.6 Å². The van der Waals surface area contributed by atoms with Crippen LogP contribution in [0.25, 0.3) is 0 Å². The summed E-state index contributed by atoms with van der Waals surface area (Å²) in [4.78, 5) is 0. The molecule has 0 saturated carbocycles. The van der Waals surface area contributed by atoms with Gasteiger partial charge in [-0.2, -0.15) is 0 Å². The number of hydrogen-bond acceptors (Lipinski definition) is 2. The van der Waals surface area contributed by atoms with Crippen molar-refractivity contribution < 1.29 is 9.52 Å². The fourth-order valence-electron chi connectivity index (χ4n) is 1.99. The third kappa shape index (κ3) is 2.44. The first-order chi connectivity index (χ1) is 7.29. The Morgan fingerprint density at radius 1 is 1.33 bits per heavy atom. The average molecular weight is 227 g/mol. The largest absolute Gasteiger partial charge is 0.453 e. The molecule has 1 aromatic heterocycles. The lowest BCUT2D eigenvalue weighted by molar-refractivity contribution is 0.210. The van der Waals surface area contributed by atoms with Crippen LogP contribution in [0.15, 0.2) is 28.4 Å². The average Bonchev–Trinajstić information content (AvgIpc) is 2.53. The summed E-state index contributed by atoms with van der Waals surface area (Å²) in [7, 11) is 0. The first-order valence-electron chi connectivity index (χ1n) is 5.39. The van der Waals surface area contributed by atoms with E-state index in [0.29, 0.717) is 10.8 Å². The minimum Gasteiger partial charge on any atom is -0.453 e. The highest BCUT2D eigenvalue weighted by Crippen LogP contribution is 2.33. The molecular formula is C12H15ClO2. The Morgan fingerprint density at radius 2 is 2.20 bits per heavy atom. The molecule has 1 N–H and O–H groups in total. The van der Waals surface area contributed by atoms with Crippen molar-refractivity contribution in [2.24, 2.45) is 0 Å². The van der Waals surface area contributed by atoms with Crippen LogP contribution in [0.3, 0.4) is 0 Å². The number of aliphatic hydroxyl groups excluding tert-OH is 1. The summed E-state index contributed by atoms with van der Waals surface area (Å²) >= 11 is 5.84. The maximum atomic E-state index is 10.1. The fraction of sp³-hybridized carbons (Fsp3) is 0.500. The van der Waals surface area contributed by atoms with Gasteiger partial charge >= 0.3 is 0 Å². The third-order valence-electron chi connectivity index (χ3n) is 2.87. The van der Waals surface area contributed by atoms with E-state index in [4.69, 9.17) is 16.0 Å². The van der Waals surface area contributed by atoms with Gasteiger partial charge < -0.3 is 9.52 Å². The SMILES string of the molecule is OC(C1=CCCCCC1)c1ccoc1Cl. The Labute approximate surface area is 94.5 Å². The van der Waals surface area contributed by atoms with Gasteiger partial charge in [0.05, 0.1) is 6.26 Å². The molecule has 0 aliphatic heterocycles. The Hall–Kier alpha value is -0.730. The van der Waals surface area contributed by atoms with Crippen LogP contribution in [0.4, 0.5) is 0 Å². The summed E-state index contributed by atoms with van der Waals surface area (Å²) in [5.41, 5.74) is 1.76. The molecule has 15 heavy (non-hydrogen) atoms. The van der Waals surface area contributed by atoms with Gasteiger partial charge in [-0.3, -0.25) is 0 Å². The Morgan fingerprint density at radius 3 is 2.93 bits per heavy atom. The van der Waals surface area contributed by atoms with Gasteiger partial charge in [0.1, 0.15) is 6.10 Å². The molecule has 1 heterocycles. The molecule has 0 amide bonds. The van der Waals surface area contributed by atoms with Crippen molar-refractivity contribution in [3.05, 3.63) is 34.8 Å². The summed E-state index contributed by atoms with van der Waals surface area (Å²) in [5, 5.41) is 10.4. The lowest BCUT2D eigenvalue weighted by Crippen LogP contribution is -2.00. The van der Waals surface area contributed by atoms with Crippen molar-refractivity contribution in [1.29, 1.82) is 0 Å². The van der Waals surface area contributed by atoms with Crippen LogP contribution in [-0.2, 0) is 0 Å². The second-order valence-electron chi connectivity index (χ2n) is 3.93. The summed E-state index contributed by atoms with van der Waals surface area (Å²) in [6.07, 6.45) is 8.69. The number of aliphatic hydroxyl groups is 1. The smallest absolute Gasteiger partial charge is 0.199 e. The summed E-state index contributed by atoms with van der Waals surface area (Å²) in [6, 6.07) is 1.73. The molecule has 1 unspecified atom stereocenters. The van der Waals surface area contributed by atoms with Crippen molar-refractivity contribution in [3.8, 4) is 0 Å². The van der Waals surface area contributed by atoms with E-state index >= 15 is 0 Å².